The quantitative estimate of drug-likeness (QED) is 0.655. The predicted octanol–water partition coefficient (Wildman–Crippen LogP) is 2.65. The molecule has 5 nitrogen and oxygen atoms in total. The molecule has 0 aliphatic rings. The highest BCUT2D eigenvalue weighted by Gasteiger charge is 2.10. The molecular formula is C11H17Cl2NO4S. The zero-order valence-corrected chi connectivity index (χ0v) is 13.3. The zero-order valence-electron chi connectivity index (χ0n) is 10.9. The summed E-state index contributed by atoms with van der Waals surface area (Å²) in [6.07, 6.45) is 0.841. The van der Waals surface area contributed by atoms with Crippen LogP contribution in [0.5, 0.6) is 0 Å². The summed E-state index contributed by atoms with van der Waals surface area (Å²) in [5.41, 5.74) is 0. The Morgan fingerprint density at radius 3 is 2.32 bits per heavy atom. The predicted molar refractivity (Wildman–Crippen MR) is 75.6 cm³/mol. The van der Waals surface area contributed by atoms with E-state index >= 15 is 0 Å². The Hall–Kier alpha value is -0.400. The summed E-state index contributed by atoms with van der Waals surface area (Å²) in [5.74, 6) is -1.73. The lowest BCUT2D eigenvalue weighted by Gasteiger charge is -2.03. The van der Waals surface area contributed by atoms with Crippen molar-refractivity contribution in [3.05, 3.63) is 14.5 Å². The van der Waals surface area contributed by atoms with Crippen molar-refractivity contribution >= 4 is 40.5 Å². The molecule has 19 heavy (non-hydrogen) atoms. The Kier molecular flexibility index (Phi) is 8.52. The smallest absolute Gasteiger partial charge is 0.306 e. The van der Waals surface area contributed by atoms with Gasteiger partial charge >= 0.3 is 5.97 Å². The van der Waals surface area contributed by atoms with Gasteiger partial charge in [-0.05, 0) is 27.2 Å². The van der Waals surface area contributed by atoms with Crippen molar-refractivity contribution in [3.63, 3.8) is 0 Å². The lowest BCUT2D eigenvalue weighted by Crippen LogP contribution is -2.15. The van der Waals surface area contributed by atoms with Crippen LogP contribution >= 0.6 is 34.5 Å². The van der Waals surface area contributed by atoms with Crippen molar-refractivity contribution in [2.75, 3.05) is 6.61 Å². The second-order valence-electron chi connectivity index (χ2n) is 3.98. The molecule has 8 heteroatoms. The molecule has 0 bridgehead atoms. The van der Waals surface area contributed by atoms with Gasteiger partial charge in [0.25, 0.3) is 0 Å². The number of hydrogen-bond acceptors (Lipinski definition) is 6. The second kappa shape index (κ2) is 8.71. The van der Waals surface area contributed by atoms with E-state index in [-0.39, 0.29) is 5.97 Å². The van der Waals surface area contributed by atoms with Crippen LogP contribution in [0.4, 0.5) is 0 Å². The normalized spacial score (nSPS) is 10.7. The molecule has 110 valence electrons. The van der Waals surface area contributed by atoms with Gasteiger partial charge in [-0.1, -0.05) is 23.2 Å². The molecular weight excluding hydrogens is 313 g/mol. The lowest BCUT2D eigenvalue weighted by molar-refractivity contribution is -0.143. The van der Waals surface area contributed by atoms with Crippen LogP contribution in [0.25, 0.3) is 0 Å². The molecule has 0 unspecified atom stereocenters. The van der Waals surface area contributed by atoms with Crippen LogP contribution in [0.15, 0.2) is 0 Å². The number of nitrogens with zero attached hydrogens (tertiary/aromatic N) is 1. The van der Waals surface area contributed by atoms with Crippen LogP contribution in [0.2, 0.25) is 9.62 Å². The fourth-order valence-electron chi connectivity index (χ4n) is 0.909. The fraction of sp³-hybridized carbons (Fsp3) is 0.636. The summed E-state index contributed by atoms with van der Waals surface area (Å²) < 4.78 is 5.18. The van der Waals surface area contributed by atoms with Gasteiger partial charge in [-0.25, -0.2) is 4.98 Å². The van der Waals surface area contributed by atoms with Gasteiger partial charge in [0.2, 0.25) is 0 Å². The van der Waals surface area contributed by atoms with Crippen LogP contribution in [0.3, 0.4) is 0 Å². The van der Waals surface area contributed by atoms with Crippen molar-refractivity contribution in [2.45, 2.75) is 39.4 Å². The molecule has 0 saturated carbocycles. The van der Waals surface area contributed by atoms with E-state index in [2.05, 4.69) is 4.98 Å². The maximum absolute atomic E-state index is 11.0. The number of rotatable bonds is 4. The van der Waals surface area contributed by atoms with Gasteiger partial charge in [0.15, 0.2) is 10.3 Å². The SMILES string of the molecule is CC(C)(O)O.CCOC(=O)CCc1sc(Cl)nc1Cl. The summed E-state index contributed by atoms with van der Waals surface area (Å²) in [5, 5.41) is 16.5. The standard InChI is InChI=1S/C8H9Cl2NO2S.C3H8O2/c1-2-13-6(12)4-3-5-7(9)11-8(10)14-5;1-3(2,4)5/h2-4H2,1H3;4-5H,1-2H3. The van der Waals surface area contributed by atoms with Gasteiger partial charge in [0, 0.05) is 4.88 Å². The number of hydrogen-bond donors (Lipinski definition) is 2. The number of ether oxygens (including phenoxy) is 1. The third kappa shape index (κ3) is 11.1. The van der Waals surface area contributed by atoms with E-state index in [0.29, 0.717) is 29.1 Å². The summed E-state index contributed by atoms with van der Waals surface area (Å²) in [7, 11) is 0. The van der Waals surface area contributed by atoms with Crippen LogP contribution in [0, 0.1) is 0 Å². The van der Waals surface area contributed by atoms with Crippen LogP contribution in [-0.4, -0.2) is 33.6 Å². The Labute approximate surface area is 126 Å². The van der Waals surface area contributed by atoms with Crippen LogP contribution in [0.1, 0.15) is 32.1 Å². The molecule has 0 aliphatic heterocycles. The van der Waals surface area contributed by atoms with E-state index in [1.807, 2.05) is 0 Å². The number of thiazole rings is 1. The van der Waals surface area contributed by atoms with Gasteiger partial charge in [0.05, 0.1) is 13.0 Å². The first kappa shape index (κ1) is 18.6. The summed E-state index contributed by atoms with van der Waals surface area (Å²) in [4.78, 5) is 15.7. The molecule has 1 heterocycles. The van der Waals surface area contributed by atoms with E-state index in [0.717, 1.165) is 4.88 Å². The minimum atomic E-state index is -1.50. The molecule has 0 radical (unpaired) electrons. The number of halogens is 2. The Bertz CT molecular complexity index is 398. The topological polar surface area (TPSA) is 79.6 Å². The molecule has 0 fully saturated rings. The molecule has 0 atom stereocenters. The number of carbonyl (C=O) groups excluding carboxylic acids is 1. The van der Waals surface area contributed by atoms with Crippen molar-refractivity contribution in [1.82, 2.24) is 4.98 Å². The minimum absolute atomic E-state index is 0.229. The van der Waals surface area contributed by atoms with E-state index in [9.17, 15) is 4.79 Å². The number of aliphatic hydroxyl groups is 2. The molecule has 0 saturated heterocycles. The Morgan fingerprint density at radius 2 is 1.95 bits per heavy atom. The summed E-state index contributed by atoms with van der Waals surface area (Å²) in [6.45, 7) is 4.77. The minimum Gasteiger partial charge on any atom is -0.466 e. The molecule has 1 aromatic rings. The van der Waals surface area contributed by atoms with E-state index in [1.54, 1.807) is 6.92 Å². The molecule has 0 aliphatic carbocycles. The van der Waals surface area contributed by atoms with Gasteiger partial charge in [0.1, 0.15) is 5.15 Å². The third-order valence-electron chi connectivity index (χ3n) is 1.49. The molecule has 0 spiro atoms. The molecule has 1 rings (SSSR count). The van der Waals surface area contributed by atoms with Crippen molar-refractivity contribution < 1.29 is 19.7 Å². The second-order valence-corrected chi connectivity index (χ2v) is 6.00. The van der Waals surface area contributed by atoms with Crippen molar-refractivity contribution in [3.8, 4) is 0 Å². The average molecular weight is 330 g/mol. The number of aromatic nitrogens is 1. The van der Waals surface area contributed by atoms with Crippen LogP contribution < -0.4 is 0 Å². The first-order valence-electron chi connectivity index (χ1n) is 5.54. The van der Waals surface area contributed by atoms with E-state index < -0.39 is 5.79 Å². The molecule has 2 N–H and O–H groups in total. The highest BCUT2D eigenvalue weighted by molar-refractivity contribution is 7.16. The largest absolute Gasteiger partial charge is 0.466 e. The first-order valence-corrected chi connectivity index (χ1v) is 7.11. The molecule has 1 aromatic heterocycles. The van der Waals surface area contributed by atoms with Gasteiger partial charge in [-0.2, -0.15) is 0 Å². The van der Waals surface area contributed by atoms with Crippen molar-refractivity contribution in [1.29, 1.82) is 0 Å². The Morgan fingerprint density at radius 1 is 1.42 bits per heavy atom. The van der Waals surface area contributed by atoms with Gasteiger partial charge < -0.3 is 14.9 Å². The fourth-order valence-corrected chi connectivity index (χ4v) is 2.34. The lowest BCUT2D eigenvalue weighted by atomic mass is 10.3. The maximum atomic E-state index is 11.0. The highest BCUT2D eigenvalue weighted by Crippen LogP contribution is 2.27. The first-order chi connectivity index (χ1) is 8.63. The summed E-state index contributed by atoms with van der Waals surface area (Å²) >= 11 is 12.7. The van der Waals surface area contributed by atoms with E-state index in [1.165, 1.54) is 25.2 Å². The molecule has 0 amide bonds. The zero-order chi connectivity index (χ0) is 15.1. The monoisotopic (exact) mass is 329 g/mol. The van der Waals surface area contributed by atoms with Gasteiger partial charge in [-0.15, -0.1) is 11.3 Å². The molecule has 0 aromatic carbocycles. The van der Waals surface area contributed by atoms with Crippen molar-refractivity contribution in [2.24, 2.45) is 0 Å². The maximum Gasteiger partial charge on any atom is 0.306 e. The number of carbonyl (C=O) groups is 1. The Balaban J connectivity index is 0.000000555. The van der Waals surface area contributed by atoms with Gasteiger partial charge in [-0.3, -0.25) is 4.79 Å². The third-order valence-corrected chi connectivity index (χ3v) is 3.13. The van der Waals surface area contributed by atoms with Crippen LogP contribution in [-0.2, 0) is 16.0 Å². The van der Waals surface area contributed by atoms with E-state index in [4.69, 9.17) is 38.2 Å². The number of aryl methyl sites for hydroxylation is 1. The number of esters is 1. The average Bonchev–Trinajstić information content (AvgIpc) is 2.52. The highest BCUT2D eigenvalue weighted by atomic mass is 35.5. The summed E-state index contributed by atoms with van der Waals surface area (Å²) in [6, 6.07) is 0.